The van der Waals surface area contributed by atoms with E-state index >= 15 is 0 Å². The Bertz CT molecular complexity index is 788. The molecule has 21 heavy (non-hydrogen) atoms. The highest BCUT2D eigenvalue weighted by Gasteiger charge is 2.28. The lowest BCUT2D eigenvalue weighted by Gasteiger charge is -2.14. The van der Waals surface area contributed by atoms with Gasteiger partial charge in [-0.2, -0.15) is 0 Å². The molecule has 0 amide bonds. The van der Waals surface area contributed by atoms with Gasteiger partial charge in [-0.05, 0) is 44.9 Å². The first kappa shape index (κ1) is 12.8. The number of nitrogens with zero attached hydrogens (tertiary/aromatic N) is 2. The minimum Gasteiger partial charge on any atom is -0.440 e. The molecule has 2 aromatic heterocycles. The summed E-state index contributed by atoms with van der Waals surface area (Å²) in [4.78, 5) is 10.2. The third-order valence-corrected chi connectivity index (χ3v) is 5.00. The Labute approximate surface area is 127 Å². The second kappa shape index (κ2) is 4.84. The Kier molecular flexibility index (Phi) is 2.96. The van der Waals surface area contributed by atoms with Gasteiger partial charge in [0.2, 0.25) is 0 Å². The minimum atomic E-state index is 0.241. The van der Waals surface area contributed by atoms with E-state index in [2.05, 4.69) is 34.3 Å². The predicted molar refractivity (Wildman–Crippen MR) is 84.9 cm³/mol. The summed E-state index contributed by atoms with van der Waals surface area (Å²) in [5.41, 5.74) is 5.88. The van der Waals surface area contributed by atoms with E-state index in [4.69, 9.17) is 4.42 Å². The van der Waals surface area contributed by atoms with Gasteiger partial charge in [0, 0.05) is 16.5 Å². The molecule has 1 N–H and O–H groups in total. The van der Waals surface area contributed by atoms with Crippen LogP contribution in [0.3, 0.4) is 0 Å². The van der Waals surface area contributed by atoms with E-state index in [1.165, 1.54) is 17.7 Å². The fourth-order valence-electron chi connectivity index (χ4n) is 2.58. The Morgan fingerprint density at radius 2 is 2.24 bits per heavy atom. The first-order valence-electron chi connectivity index (χ1n) is 7.28. The monoisotopic (exact) mass is 299 g/mol. The van der Waals surface area contributed by atoms with Gasteiger partial charge in [-0.15, -0.1) is 11.3 Å². The Morgan fingerprint density at radius 3 is 2.95 bits per heavy atom. The lowest BCUT2D eigenvalue weighted by molar-refractivity contribution is 0.533. The van der Waals surface area contributed by atoms with E-state index in [9.17, 15) is 0 Å². The van der Waals surface area contributed by atoms with E-state index in [0.29, 0.717) is 5.92 Å². The molecule has 4 rings (SSSR count). The molecule has 4 nitrogen and oxygen atoms in total. The summed E-state index contributed by atoms with van der Waals surface area (Å²) in [7, 11) is 0. The lowest BCUT2D eigenvalue weighted by atomic mass is 10.2. The number of aromatic nitrogens is 2. The molecular formula is C16H17N3OS. The Hall–Kier alpha value is -1.88. The van der Waals surface area contributed by atoms with E-state index in [0.717, 1.165) is 28.4 Å². The molecule has 5 heteroatoms. The molecule has 0 bridgehead atoms. The van der Waals surface area contributed by atoms with E-state index < -0.39 is 0 Å². The van der Waals surface area contributed by atoms with Crippen LogP contribution in [-0.4, -0.2) is 9.97 Å². The second-order valence-electron chi connectivity index (χ2n) is 5.68. The molecule has 1 aliphatic carbocycles. The Balaban J connectivity index is 1.60. The van der Waals surface area contributed by atoms with Crippen LogP contribution in [0.2, 0.25) is 0 Å². The third kappa shape index (κ3) is 2.42. The second-order valence-corrected chi connectivity index (χ2v) is 6.56. The number of rotatable bonds is 4. The number of fused-ring (bicyclic) bond motifs is 1. The summed E-state index contributed by atoms with van der Waals surface area (Å²) in [6.45, 7) is 4.20. The van der Waals surface area contributed by atoms with E-state index in [1.54, 1.807) is 11.3 Å². The molecule has 1 saturated carbocycles. The van der Waals surface area contributed by atoms with Crippen molar-refractivity contribution in [1.82, 2.24) is 9.97 Å². The van der Waals surface area contributed by atoms with Gasteiger partial charge in [-0.3, -0.25) is 0 Å². The minimum absolute atomic E-state index is 0.241. The van der Waals surface area contributed by atoms with Crippen molar-refractivity contribution < 1.29 is 4.42 Å². The van der Waals surface area contributed by atoms with Crippen LogP contribution >= 0.6 is 11.3 Å². The zero-order valence-corrected chi connectivity index (χ0v) is 12.9. The normalized spacial score (nSPS) is 16.3. The van der Waals surface area contributed by atoms with Gasteiger partial charge >= 0.3 is 0 Å². The van der Waals surface area contributed by atoms with Gasteiger partial charge in [0.05, 0.1) is 17.2 Å². The summed E-state index contributed by atoms with van der Waals surface area (Å²) >= 11 is 1.69. The van der Waals surface area contributed by atoms with Crippen LogP contribution < -0.4 is 5.32 Å². The van der Waals surface area contributed by atoms with Crippen LogP contribution in [0, 0.1) is 6.92 Å². The number of thiazole rings is 1. The van der Waals surface area contributed by atoms with Gasteiger partial charge in [-0.25, -0.2) is 9.97 Å². The maximum Gasteiger partial charge on any atom is 0.198 e. The average molecular weight is 299 g/mol. The summed E-state index contributed by atoms with van der Waals surface area (Å²) in [6, 6.07) is 6.36. The van der Waals surface area contributed by atoms with Crippen molar-refractivity contribution >= 4 is 28.1 Å². The van der Waals surface area contributed by atoms with E-state index in [-0.39, 0.29) is 6.04 Å². The molecule has 0 aliphatic heterocycles. The van der Waals surface area contributed by atoms with Crippen molar-refractivity contribution in [3.05, 3.63) is 40.2 Å². The molecule has 108 valence electrons. The molecule has 0 saturated heterocycles. The molecule has 1 unspecified atom stereocenters. The first-order valence-corrected chi connectivity index (χ1v) is 8.15. The van der Waals surface area contributed by atoms with Crippen LogP contribution in [-0.2, 0) is 0 Å². The van der Waals surface area contributed by atoms with Crippen molar-refractivity contribution in [3.8, 4) is 0 Å². The van der Waals surface area contributed by atoms with Crippen molar-refractivity contribution in [2.75, 3.05) is 5.32 Å². The van der Waals surface area contributed by atoms with E-state index in [1.807, 2.05) is 18.5 Å². The molecule has 0 spiro atoms. The molecule has 1 atom stereocenters. The van der Waals surface area contributed by atoms with Crippen molar-refractivity contribution in [1.29, 1.82) is 0 Å². The highest BCUT2D eigenvalue weighted by molar-refractivity contribution is 7.09. The van der Waals surface area contributed by atoms with Crippen LogP contribution in [0.25, 0.3) is 11.1 Å². The van der Waals surface area contributed by atoms with Crippen molar-refractivity contribution in [2.24, 2.45) is 0 Å². The number of nitrogens with one attached hydrogen (secondary N) is 1. The fraction of sp³-hybridized carbons (Fsp3) is 0.375. The van der Waals surface area contributed by atoms with Crippen molar-refractivity contribution in [2.45, 2.75) is 38.6 Å². The zero-order chi connectivity index (χ0) is 14.4. The largest absolute Gasteiger partial charge is 0.440 e. The molecule has 3 aromatic rings. The molecular weight excluding hydrogens is 282 g/mol. The van der Waals surface area contributed by atoms with Crippen LogP contribution in [0.5, 0.6) is 0 Å². The molecule has 1 aliphatic rings. The summed E-state index contributed by atoms with van der Waals surface area (Å²) in [5, 5.41) is 3.52. The number of anilines is 1. The maximum atomic E-state index is 5.80. The highest BCUT2D eigenvalue weighted by atomic mass is 32.1. The number of hydrogen-bond acceptors (Lipinski definition) is 5. The fourth-order valence-corrected chi connectivity index (χ4v) is 3.39. The quantitative estimate of drug-likeness (QED) is 0.762. The zero-order valence-electron chi connectivity index (χ0n) is 12.1. The van der Waals surface area contributed by atoms with Gasteiger partial charge in [-0.1, -0.05) is 0 Å². The topological polar surface area (TPSA) is 51.0 Å². The Morgan fingerprint density at radius 1 is 1.38 bits per heavy atom. The lowest BCUT2D eigenvalue weighted by Crippen LogP contribution is -2.06. The third-order valence-electron chi connectivity index (χ3n) is 3.89. The van der Waals surface area contributed by atoms with Gasteiger partial charge in [0.25, 0.3) is 0 Å². The van der Waals surface area contributed by atoms with Gasteiger partial charge < -0.3 is 9.73 Å². The smallest absolute Gasteiger partial charge is 0.198 e. The molecule has 0 radical (unpaired) electrons. The standard InChI is InChI=1S/C16H17N3OS/c1-9-15(21-8-17-9)10(2)18-12-5-6-14-13(7-12)19-16(20-14)11-3-4-11/h5-8,10-11,18H,3-4H2,1-2H3. The number of benzene rings is 1. The van der Waals surface area contributed by atoms with Crippen LogP contribution in [0.15, 0.2) is 28.1 Å². The van der Waals surface area contributed by atoms with Crippen LogP contribution in [0.1, 0.15) is 48.2 Å². The maximum absolute atomic E-state index is 5.80. The molecule has 1 fully saturated rings. The molecule has 2 heterocycles. The SMILES string of the molecule is Cc1ncsc1C(C)Nc1ccc2oc(C3CC3)nc2c1. The van der Waals surface area contributed by atoms with Gasteiger partial charge in [0.15, 0.2) is 11.5 Å². The number of oxazole rings is 1. The molecule has 1 aromatic carbocycles. The first-order chi connectivity index (χ1) is 10.2. The summed E-state index contributed by atoms with van der Waals surface area (Å²) < 4.78 is 5.80. The van der Waals surface area contributed by atoms with Crippen molar-refractivity contribution in [3.63, 3.8) is 0 Å². The number of hydrogen-bond donors (Lipinski definition) is 1. The highest BCUT2D eigenvalue weighted by Crippen LogP contribution is 2.40. The predicted octanol–water partition coefficient (Wildman–Crippen LogP) is 4.64. The summed E-state index contributed by atoms with van der Waals surface area (Å²) in [5.74, 6) is 1.45. The average Bonchev–Trinajstić information content (AvgIpc) is 3.09. The van der Waals surface area contributed by atoms with Crippen LogP contribution in [0.4, 0.5) is 5.69 Å². The van der Waals surface area contributed by atoms with Gasteiger partial charge in [0.1, 0.15) is 5.52 Å². The summed E-state index contributed by atoms with van der Waals surface area (Å²) in [6.07, 6.45) is 2.42. The number of aryl methyl sites for hydroxylation is 1.